The standard InChI is InChI=1S/C19H27N3O5/c1-4-27-19(25)10-7-15-5-8-16(9-6-15)21-18(24)14-22(2)13-17(23)20-11-12-26-3/h5-10H,4,11-14H2,1-3H3,(H,20,23)(H,21,24)/b10-7+. The number of carbonyl (C=O) groups is 3. The summed E-state index contributed by atoms with van der Waals surface area (Å²) in [6.45, 7) is 3.16. The SMILES string of the molecule is CCOC(=O)/C=C/c1ccc(NC(=O)CN(C)CC(=O)NCCOC)cc1. The van der Waals surface area contributed by atoms with Crippen LogP contribution in [0, 0.1) is 0 Å². The van der Waals surface area contributed by atoms with Crippen molar-refractivity contribution in [3.63, 3.8) is 0 Å². The molecule has 0 aliphatic heterocycles. The first-order valence-corrected chi connectivity index (χ1v) is 8.63. The van der Waals surface area contributed by atoms with Crippen molar-refractivity contribution in [3.05, 3.63) is 35.9 Å². The van der Waals surface area contributed by atoms with E-state index in [1.54, 1.807) is 56.3 Å². The number of anilines is 1. The van der Waals surface area contributed by atoms with Crippen molar-refractivity contribution in [2.24, 2.45) is 0 Å². The summed E-state index contributed by atoms with van der Waals surface area (Å²) in [4.78, 5) is 36.6. The first-order chi connectivity index (χ1) is 12.9. The van der Waals surface area contributed by atoms with Gasteiger partial charge in [-0.05, 0) is 37.7 Å². The minimum atomic E-state index is -0.399. The molecule has 27 heavy (non-hydrogen) atoms. The lowest BCUT2D eigenvalue weighted by molar-refractivity contribution is -0.137. The van der Waals surface area contributed by atoms with Gasteiger partial charge in [0, 0.05) is 25.4 Å². The number of benzene rings is 1. The fraction of sp³-hybridized carbons (Fsp3) is 0.421. The highest BCUT2D eigenvalue weighted by Gasteiger charge is 2.10. The Morgan fingerprint density at radius 2 is 1.78 bits per heavy atom. The molecule has 0 aromatic heterocycles. The molecule has 1 aromatic carbocycles. The molecule has 0 atom stereocenters. The summed E-state index contributed by atoms with van der Waals surface area (Å²) in [5.41, 5.74) is 1.44. The van der Waals surface area contributed by atoms with Gasteiger partial charge < -0.3 is 20.1 Å². The van der Waals surface area contributed by atoms with Crippen LogP contribution in [-0.2, 0) is 23.9 Å². The zero-order valence-corrected chi connectivity index (χ0v) is 16.0. The van der Waals surface area contributed by atoms with Gasteiger partial charge in [0.25, 0.3) is 0 Å². The number of nitrogens with zero attached hydrogens (tertiary/aromatic N) is 1. The Hall–Kier alpha value is -2.71. The molecule has 0 heterocycles. The Kier molecular flexibility index (Phi) is 10.4. The number of amides is 2. The van der Waals surface area contributed by atoms with E-state index in [0.29, 0.717) is 25.4 Å². The second-order valence-corrected chi connectivity index (χ2v) is 5.77. The summed E-state index contributed by atoms with van der Waals surface area (Å²) in [7, 11) is 3.25. The fourth-order valence-electron chi connectivity index (χ4n) is 2.13. The van der Waals surface area contributed by atoms with Gasteiger partial charge in [-0.3, -0.25) is 14.5 Å². The first-order valence-electron chi connectivity index (χ1n) is 8.63. The molecular weight excluding hydrogens is 350 g/mol. The Morgan fingerprint density at radius 1 is 1.11 bits per heavy atom. The van der Waals surface area contributed by atoms with Crippen molar-refractivity contribution in [3.8, 4) is 0 Å². The minimum absolute atomic E-state index is 0.0855. The van der Waals surface area contributed by atoms with Crippen molar-refractivity contribution in [1.82, 2.24) is 10.2 Å². The third kappa shape index (κ3) is 10.1. The van der Waals surface area contributed by atoms with Crippen molar-refractivity contribution >= 4 is 29.5 Å². The highest BCUT2D eigenvalue weighted by atomic mass is 16.5. The van der Waals surface area contributed by atoms with E-state index in [-0.39, 0.29) is 24.9 Å². The third-order valence-corrected chi connectivity index (χ3v) is 3.35. The number of esters is 1. The van der Waals surface area contributed by atoms with Crippen molar-refractivity contribution in [2.45, 2.75) is 6.92 Å². The second-order valence-electron chi connectivity index (χ2n) is 5.77. The Bertz CT molecular complexity index is 643. The average Bonchev–Trinajstić information content (AvgIpc) is 2.61. The number of hydrogen-bond acceptors (Lipinski definition) is 6. The summed E-state index contributed by atoms with van der Waals surface area (Å²) < 4.78 is 9.66. The van der Waals surface area contributed by atoms with Crippen LogP contribution in [0.5, 0.6) is 0 Å². The number of carbonyl (C=O) groups excluding carboxylic acids is 3. The first kappa shape index (κ1) is 22.3. The largest absolute Gasteiger partial charge is 0.463 e. The van der Waals surface area contributed by atoms with Gasteiger partial charge in [0.1, 0.15) is 0 Å². The van der Waals surface area contributed by atoms with Crippen LogP contribution in [0.3, 0.4) is 0 Å². The molecule has 0 aliphatic carbocycles. The topological polar surface area (TPSA) is 97.0 Å². The zero-order chi connectivity index (χ0) is 20.1. The van der Waals surface area contributed by atoms with Gasteiger partial charge in [-0.15, -0.1) is 0 Å². The van der Waals surface area contributed by atoms with E-state index in [1.165, 1.54) is 6.08 Å². The normalized spacial score (nSPS) is 10.8. The van der Waals surface area contributed by atoms with Crippen LogP contribution in [-0.4, -0.2) is 69.7 Å². The molecule has 0 aliphatic rings. The molecule has 2 amide bonds. The maximum Gasteiger partial charge on any atom is 0.330 e. The maximum atomic E-state index is 12.1. The number of rotatable bonds is 11. The molecular formula is C19H27N3O5. The summed E-state index contributed by atoms with van der Waals surface area (Å²) in [5, 5.41) is 5.46. The van der Waals surface area contributed by atoms with E-state index in [9.17, 15) is 14.4 Å². The van der Waals surface area contributed by atoms with Crippen LogP contribution in [0.2, 0.25) is 0 Å². The molecule has 2 N–H and O–H groups in total. The number of methoxy groups -OCH3 is 1. The number of hydrogen-bond donors (Lipinski definition) is 2. The van der Waals surface area contributed by atoms with Crippen LogP contribution in [0.4, 0.5) is 5.69 Å². The van der Waals surface area contributed by atoms with E-state index in [4.69, 9.17) is 9.47 Å². The van der Waals surface area contributed by atoms with Crippen LogP contribution >= 0.6 is 0 Å². The number of likely N-dealkylation sites (N-methyl/N-ethyl adjacent to an activating group) is 1. The second kappa shape index (κ2) is 12.6. The van der Waals surface area contributed by atoms with Gasteiger partial charge >= 0.3 is 5.97 Å². The predicted octanol–water partition coefficient (Wildman–Crippen LogP) is 0.896. The van der Waals surface area contributed by atoms with Crippen LogP contribution in [0.1, 0.15) is 12.5 Å². The molecule has 0 fully saturated rings. The predicted molar refractivity (Wildman–Crippen MR) is 103 cm³/mol. The average molecular weight is 377 g/mol. The van der Waals surface area contributed by atoms with Gasteiger partial charge in [0.2, 0.25) is 11.8 Å². The molecule has 8 heteroatoms. The maximum absolute atomic E-state index is 12.1. The Morgan fingerprint density at radius 3 is 2.41 bits per heavy atom. The lowest BCUT2D eigenvalue weighted by Crippen LogP contribution is -2.39. The molecule has 0 radical (unpaired) electrons. The van der Waals surface area contributed by atoms with Crippen LogP contribution in [0.25, 0.3) is 6.08 Å². The van der Waals surface area contributed by atoms with Gasteiger partial charge in [-0.2, -0.15) is 0 Å². The molecule has 148 valence electrons. The Balaban J connectivity index is 2.41. The highest BCUT2D eigenvalue weighted by molar-refractivity contribution is 5.93. The smallest absolute Gasteiger partial charge is 0.330 e. The van der Waals surface area contributed by atoms with E-state index in [1.807, 2.05) is 0 Å². The highest BCUT2D eigenvalue weighted by Crippen LogP contribution is 2.11. The molecule has 0 spiro atoms. The van der Waals surface area contributed by atoms with Gasteiger partial charge in [0.15, 0.2) is 0 Å². The lowest BCUT2D eigenvalue weighted by atomic mass is 10.2. The molecule has 8 nitrogen and oxygen atoms in total. The van der Waals surface area contributed by atoms with Gasteiger partial charge in [0.05, 0.1) is 26.3 Å². The molecule has 1 aromatic rings. The molecule has 1 rings (SSSR count). The molecule has 0 saturated carbocycles. The van der Waals surface area contributed by atoms with Crippen molar-refractivity contribution in [2.75, 3.05) is 52.3 Å². The van der Waals surface area contributed by atoms with Crippen LogP contribution in [0.15, 0.2) is 30.3 Å². The quantitative estimate of drug-likeness (QED) is 0.338. The summed E-state index contributed by atoms with van der Waals surface area (Å²) >= 11 is 0. The monoisotopic (exact) mass is 377 g/mol. The van der Waals surface area contributed by atoms with Crippen molar-refractivity contribution in [1.29, 1.82) is 0 Å². The van der Waals surface area contributed by atoms with E-state index < -0.39 is 5.97 Å². The third-order valence-electron chi connectivity index (χ3n) is 3.35. The molecule has 0 bridgehead atoms. The van der Waals surface area contributed by atoms with Crippen LogP contribution < -0.4 is 10.6 Å². The summed E-state index contributed by atoms with van der Waals surface area (Å²) in [6.07, 6.45) is 2.99. The summed E-state index contributed by atoms with van der Waals surface area (Å²) in [5.74, 6) is -0.790. The molecule has 0 saturated heterocycles. The van der Waals surface area contributed by atoms with E-state index in [2.05, 4.69) is 10.6 Å². The lowest BCUT2D eigenvalue weighted by Gasteiger charge is -2.16. The zero-order valence-electron chi connectivity index (χ0n) is 16.0. The molecule has 0 unspecified atom stereocenters. The fourth-order valence-corrected chi connectivity index (χ4v) is 2.13. The minimum Gasteiger partial charge on any atom is -0.463 e. The van der Waals surface area contributed by atoms with E-state index >= 15 is 0 Å². The van der Waals surface area contributed by atoms with Gasteiger partial charge in [-0.1, -0.05) is 12.1 Å². The van der Waals surface area contributed by atoms with Gasteiger partial charge in [-0.25, -0.2) is 4.79 Å². The summed E-state index contributed by atoms with van der Waals surface area (Å²) in [6, 6.07) is 7.02. The Labute approximate surface area is 159 Å². The van der Waals surface area contributed by atoms with E-state index in [0.717, 1.165) is 5.56 Å². The number of ether oxygens (including phenoxy) is 2. The number of nitrogens with one attached hydrogen (secondary N) is 2. The van der Waals surface area contributed by atoms with Crippen molar-refractivity contribution < 1.29 is 23.9 Å².